The molecule has 0 bridgehead atoms. The second-order valence-electron chi connectivity index (χ2n) is 10.1. The number of hydrogen-bond donors (Lipinski definition) is 0. The lowest BCUT2D eigenvalue weighted by atomic mass is 9.93. The molecule has 9 heteroatoms. The maximum Gasteiger partial charge on any atom is 0.338 e. The number of carbonyl (C=O) groups excluding carboxylic acids is 1. The normalized spacial score (nSPS) is 14.3. The van der Waals surface area contributed by atoms with Crippen LogP contribution >= 0.6 is 22.9 Å². The van der Waals surface area contributed by atoms with E-state index in [2.05, 4.69) is 6.07 Å². The average Bonchev–Trinajstić information content (AvgIpc) is 3.38. The quantitative estimate of drug-likeness (QED) is 0.195. The highest BCUT2D eigenvalue weighted by molar-refractivity contribution is 7.07. The van der Waals surface area contributed by atoms with Gasteiger partial charge in [-0.2, -0.15) is 5.26 Å². The molecule has 0 saturated heterocycles. The Balaban J connectivity index is 1.40. The highest BCUT2D eigenvalue weighted by atomic mass is 35.5. The molecule has 6 rings (SSSR count). The minimum atomic E-state index is -0.770. The van der Waals surface area contributed by atoms with Crippen LogP contribution in [0.1, 0.15) is 40.8 Å². The fraction of sp³-hybridized carbons (Fsp3) is 0.111. The Bertz CT molecular complexity index is 2110. The van der Waals surface area contributed by atoms with Crippen molar-refractivity contribution in [2.24, 2.45) is 4.99 Å². The van der Waals surface area contributed by atoms with Crippen LogP contribution in [0.25, 0.3) is 11.8 Å². The number of nitrogens with zero attached hydrogens (tertiary/aromatic N) is 3. The van der Waals surface area contributed by atoms with E-state index in [4.69, 9.17) is 31.3 Å². The molecular weight excluding hydrogens is 606 g/mol. The maximum absolute atomic E-state index is 14.0. The summed E-state index contributed by atoms with van der Waals surface area (Å²) in [5.74, 6) is 0.137. The van der Waals surface area contributed by atoms with Gasteiger partial charge in [0.25, 0.3) is 5.56 Å². The molecule has 0 radical (unpaired) electrons. The lowest BCUT2D eigenvalue weighted by Gasteiger charge is -2.25. The van der Waals surface area contributed by atoms with E-state index in [9.17, 15) is 9.59 Å². The molecule has 1 aromatic heterocycles. The van der Waals surface area contributed by atoms with E-state index in [-0.39, 0.29) is 17.7 Å². The Morgan fingerprint density at radius 2 is 1.71 bits per heavy atom. The van der Waals surface area contributed by atoms with E-state index in [0.717, 1.165) is 16.7 Å². The summed E-state index contributed by atoms with van der Waals surface area (Å²) >= 11 is 7.47. The first-order chi connectivity index (χ1) is 21.9. The zero-order valence-corrected chi connectivity index (χ0v) is 25.7. The van der Waals surface area contributed by atoms with Gasteiger partial charge in [0.15, 0.2) is 4.80 Å². The summed E-state index contributed by atoms with van der Waals surface area (Å²) in [6, 6.07) is 32.5. The number of thiazole rings is 1. The third kappa shape index (κ3) is 6.36. The number of fused-ring (bicyclic) bond motifs is 1. The topological polar surface area (TPSA) is 93.7 Å². The molecule has 0 spiro atoms. The molecule has 1 aliphatic heterocycles. The molecule has 0 saturated carbocycles. The summed E-state index contributed by atoms with van der Waals surface area (Å²) in [4.78, 5) is 32.9. The van der Waals surface area contributed by atoms with E-state index >= 15 is 0 Å². The number of esters is 1. The van der Waals surface area contributed by atoms with Gasteiger partial charge >= 0.3 is 5.97 Å². The zero-order valence-electron chi connectivity index (χ0n) is 24.1. The molecule has 0 fully saturated rings. The van der Waals surface area contributed by atoms with Gasteiger partial charge in [0, 0.05) is 10.6 Å². The third-order valence-corrected chi connectivity index (χ3v) is 8.46. The van der Waals surface area contributed by atoms with E-state index in [1.54, 1.807) is 35.8 Å². The molecule has 0 amide bonds. The van der Waals surface area contributed by atoms with Crippen molar-refractivity contribution in [1.29, 1.82) is 5.26 Å². The first kappa shape index (κ1) is 29.8. The Morgan fingerprint density at radius 3 is 2.38 bits per heavy atom. The van der Waals surface area contributed by atoms with Gasteiger partial charge < -0.3 is 9.47 Å². The van der Waals surface area contributed by atoms with Crippen molar-refractivity contribution >= 4 is 40.7 Å². The Labute approximate surface area is 268 Å². The standard InChI is InChI=1S/C36H26ClN3O4S/c1-2-43-35(42)31-32(26-6-4-3-5-7-26)39-36-40(33(31)27-14-16-28(37)17-15-27)34(41)30(45-36)20-23-12-18-29(19-13-23)44-22-25-10-8-24(21-38)9-11-25/h3-20,33H,2,22H2,1H3/b30-20-/t33-/m0/s1. The van der Waals surface area contributed by atoms with Gasteiger partial charge in [-0.25, -0.2) is 9.79 Å². The molecule has 45 heavy (non-hydrogen) atoms. The van der Waals surface area contributed by atoms with E-state index in [1.807, 2.05) is 84.9 Å². The van der Waals surface area contributed by atoms with Gasteiger partial charge in [-0.1, -0.05) is 89.7 Å². The summed E-state index contributed by atoms with van der Waals surface area (Å²) in [6.45, 7) is 2.28. The number of nitriles is 1. The van der Waals surface area contributed by atoms with Crippen LogP contribution in [0, 0.1) is 11.3 Å². The average molecular weight is 632 g/mol. The highest BCUT2D eigenvalue weighted by Crippen LogP contribution is 2.35. The van der Waals surface area contributed by atoms with Gasteiger partial charge in [0.05, 0.1) is 40.1 Å². The van der Waals surface area contributed by atoms with Crippen LogP contribution in [-0.4, -0.2) is 17.1 Å². The number of benzene rings is 4. The summed E-state index contributed by atoms with van der Waals surface area (Å²) in [7, 11) is 0. The van der Waals surface area contributed by atoms with Gasteiger partial charge in [-0.05, 0) is 66.1 Å². The molecule has 0 aliphatic carbocycles. The maximum atomic E-state index is 14.0. The highest BCUT2D eigenvalue weighted by Gasteiger charge is 2.35. The van der Waals surface area contributed by atoms with Crippen LogP contribution < -0.4 is 19.6 Å². The molecule has 4 aromatic carbocycles. The molecule has 5 aromatic rings. The molecule has 2 heterocycles. The monoisotopic (exact) mass is 631 g/mol. The number of rotatable bonds is 8. The predicted octanol–water partition coefficient (Wildman–Crippen LogP) is 6.04. The second-order valence-corrected chi connectivity index (χ2v) is 11.6. The second kappa shape index (κ2) is 13.2. The van der Waals surface area contributed by atoms with Crippen molar-refractivity contribution < 1.29 is 14.3 Å². The van der Waals surface area contributed by atoms with Crippen LogP contribution in [0.2, 0.25) is 5.02 Å². The first-order valence-electron chi connectivity index (χ1n) is 14.2. The summed E-state index contributed by atoms with van der Waals surface area (Å²) < 4.78 is 13.4. The smallest absolute Gasteiger partial charge is 0.338 e. The lowest BCUT2D eigenvalue weighted by molar-refractivity contribution is -0.138. The number of ether oxygens (including phenoxy) is 2. The number of hydrogen-bond acceptors (Lipinski definition) is 7. The van der Waals surface area contributed by atoms with Gasteiger partial charge in [0.1, 0.15) is 12.4 Å². The first-order valence-corrected chi connectivity index (χ1v) is 15.4. The summed E-state index contributed by atoms with van der Waals surface area (Å²) in [5, 5.41) is 9.53. The fourth-order valence-electron chi connectivity index (χ4n) is 5.05. The SMILES string of the molecule is CCOC(=O)C1=C(c2ccccc2)N=c2s/c(=C\c3ccc(OCc4ccc(C#N)cc4)cc3)c(=O)n2[C@H]1c1ccc(Cl)cc1. The molecular formula is C36H26ClN3O4S. The van der Waals surface area contributed by atoms with E-state index < -0.39 is 12.0 Å². The lowest BCUT2D eigenvalue weighted by Crippen LogP contribution is -2.40. The van der Waals surface area contributed by atoms with Crippen molar-refractivity contribution in [2.75, 3.05) is 6.61 Å². The molecule has 222 valence electrons. The Morgan fingerprint density at radius 1 is 1.00 bits per heavy atom. The summed E-state index contributed by atoms with van der Waals surface area (Å²) in [6.07, 6.45) is 1.81. The minimum absolute atomic E-state index is 0.176. The van der Waals surface area contributed by atoms with Crippen LogP contribution in [0.15, 0.2) is 118 Å². The molecule has 0 unspecified atom stereocenters. The van der Waals surface area contributed by atoms with E-state index in [1.165, 1.54) is 11.3 Å². The fourth-order valence-corrected chi connectivity index (χ4v) is 6.18. The van der Waals surface area contributed by atoms with Crippen LogP contribution in [0.5, 0.6) is 5.75 Å². The van der Waals surface area contributed by atoms with Crippen LogP contribution in [0.3, 0.4) is 0 Å². The van der Waals surface area contributed by atoms with Crippen LogP contribution in [-0.2, 0) is 16.1 Å². The third-order valence-electron chi connectivity index (χ3n) is 7.23. The van der Waals surface area contributed by atoms with Crippen molar-refractivity contribution in [3.8, 4) is 11.8 Å². The number of aromatic nitrogens is 1. The van der Waals surface area contributed by atoms with Crippen molar-refractivity contribution in [1.82, 2.24) is 4.57 Å². The molecule has 0 N–H and O–H groups in total. The zero-order chi connectivity index (χ0) is 31.3. The number of carbonyl (C=O) groups is 1. The Hall–Kier alpha value is -5.23. The van der Waals surface area contributed by atoms with Gasteiger partial charge in [0.2, 0.25) is 0 Å². The summed E-state index contributed by atoms with van der Waals surface area (Å²) in [5.41, 5.74) is 4.29. The predicted molar refractivity (Wildman–Crippen MR) is 174 cm³/mol. The molecule has 1 aliphatic rings. The minimum Gasteiger partial charge on any atom is -0.489 e. The van der Waals surface area contributed by atoms with Crippen molar-refractivity contribution in [2.45, 2.75) is 19.6 Å². The van der Waals surface area contributed by atoms with Crippen molar-refractivity contribution in [3.63, 3.8) is 0 Å². The van der Waals surface area contributed by atoms with Gasteiger partial charge in [-0.15, -0.1) is 0 Å². The Kier molecular flexibility index (Phi) is 8.74. The number of halogens is 1. The molecule has 1 atom stereocenters. The molecule has 7 nitrogen and oxygen atoms in total. The van der Waals surface area contributed by atoms with Crippen LogP contribution in [0.4, 0.5) is 0 Å². The van der Waals surface area contributed by atoms with Gasteiger partial charge in [-0.3, -0.25) is 9.36 Å². The van der Waals surface area contributed by atoms with E-state index in [0.29, 0.717) is 43.5 Å². The van der Waals surface area contributed by atoms with Crippen molar-refractivity contribution in [3.05, 3.63) is 161 Å². The largest absolute Gasteiger partial charge is 0.489 e.